The summed E-state index contributed by atoms with van der Waals surface area (Å²) in [6.07, 6.45) is -0.153. The van der Waals surface area contributed by atoms with E-state index in [1.165, 1.54) is 35.2 Å². The third-order valence-electron chi connectivity index (χ3n) is 6.85. The molecule has 0 aromatic heterocycles. The Morgan fingerprint density at radius 3 is 2.26 bits per heavy atom. The van der Waals surface area contributed by atoms with Gasteiger partial charge in [-0.05, 0) is 73.0 Å². The Balaban J connectivity index is 1.59. The molecular formula is C31H31FN4O5S. The van der Waals surface area contributed by atoms with Gasteiger partial charge in [0.05, 0.1) is 10.5 Å². The first-order valence-corrected chi connectivity index (χ1v) is 14.8. The number of amides is 3. The summed E-state index contributed by atoms with van der Waals surface area (Å²) in [7, 11) is -4.30. The number of carbonyl (C=O) groups is 3. The summed E-state index contributed by atoms with van der Waals surface area (Å²) < 4.78 is 42.7. The lowest BCUT2D eigenvalue weighted by Crippen LogP contribution is -2.46. The molecule has 0 bridgehead atoms. The molecule has 9 nitrogen and oxygen atoms in total. The molecule has 0 spiro atoms. The number of hydrogen-bond acceptors (Lipinski definition) is 6. The van der Waals surface area contributed by atoms with Gasteiger partial charge < -0.3 is 16.0 Å². The number of anilines is 2. The molecule has 0 heterocycles. The van der Waals surface area contributed by atoms with E-state index in [9.17, 15) is 27.2 Å². The molecule has 4 N–H and O–H groups in total. The summed E-state index contributed by atoms with van der Waals surface area (Å²) in [6.45, 7) is 4.15. The van der Waals surface area contributed by atoms with Crippen molar-refractivity contribution in [2.24, 2.45) is 5.92 Å². The third-order valence-corrected chi connectivity index (χ3v) is 8.20. The van der Waals surface area contributed by atoms with Crippen LogP contribution in [-0.2, 0) is 26.0 Å². The molecule has 4 aromatic rings. The SMILES string of the molecule is CCN(CC)C(=O)C(Cc1cccc(NC(=O)c2c(N)cccc2F)c1)C(=O)NS(=O)(=O)c1ccc2ccccc2c1. The zero-order chi connectivity index (χ0) is 30.4. The van der Waals surface area contributed by atoms with Gasteiger partial charge >= 0.3 is 0 Å². The number of nitrogens with one attached hydrogen (secondary N) is 2. The van der Waals surface area contributed by atoms with Gasteiger partial charge in [-0.15, -0.1) is 0 Å². The van der Waals surface area contributed by atoms with Crippen LogP contribution in [0.4, 0.5) is 15.8 Å². The molecule has 11 heteroatoms. The Morgan fingerprint density at radius 1 is 0.881 bits per heavy atom. The summed E-state index contributed by atoms with van der Waals surface area (Å²) in [5.74, 6) is -4.45. The fourth-order valence-corrected chi connectivity index (χ4v) is 5.68. The molecule has 0 fully saturated rings. The van der Waals surface area contributed by atoms with Crippen LogP contribution in [0.1, 0.15) is 29.8 Å². The molecule has 0 aliphatic rings. The molecule has 3 amide bonds. The number of sulfonamides is 1. The normalized spacial score (nSPS) is 12.0. The Labute approximate surface area is 243 Å². The molecule has 1 atom stereocenters. The van der Waals surface area contributed by atoms with Crippen LogP contribution in [0.25, 0.3) is 10.8 Å². The molecule has 0 aliphatic heterocycles. The summed E-state index contributed by atoms with van der Waals surface area (Å²) >= 11 is 0. The van der Waals surface area contributed by atoms with Crippen LogP contribution in [0.15, 0.2) is 89.8 Å². The highest BCUT2D eigenvalue weighted by Gasteiger charge is 2.33. The van der Waals surface area contributed by atoms with Crippen LogP contribution in [0.3, 0.4) is 0 Å². The Hall–Kier alpha value is -4.77. The quantitative estimate of drug-likeness (QED) is 0.186. The number of benzene rings is 4. The van der Waals surface area contributed by atoms with Crippen LogP contribution < -0.4 is 15.8 Å². The smallest absolute Gasteiger partial charge is 0.264 e. The van der Waals surface area contributed by atoms with Crippen molar-refractivity contribution in [1.82, 2.24) is 9.62 Å². The van der Waals surface area contributed by atoms with Crippen molar-refractivity contribution in [3.8, 4) is 0 Å². The number of nitrogens with zero attached hydrogens (tertiary/aromatic N) is 1. The summed E-state index contributed by atoms with van der Waals surface area (Å²) in [5, 5.41) is 4.10. The maximum atomic E-state index is 14.2. The van der Waals surface area contributed by atoms with E-state index in [-0.39, 0.29) is 28.3 Å². The van der Waals surface area contributed by atoms with Gasteiger partial charge in [0.2, 0.25) is 11.8 Å². The van der Waals surface area contributed by atoms with E-state index in [2.05, 4.69) is 10.0 Å². The molecule has 0 radical (unpaired) electrons. The third kappa shape index (κ3) is 6.74. The van der Waals surface area contributed by atoms with Crippen molar-refractivity contribution in [1.29, 1.82) is 0 Å². The van der Waals surface area contributed by atoms with E-state index < -0.39 is 39.5 Å². The van der Waals surface area contributed by atoms with Crippen LogP contribution in [0.2, 0.25) is 0 Å². The predicted molar refractivity (Wildman–Crippen MR) is 160 cm³/mol. The van der Waals surface area contributed by atoms with Gasteiger partial charge in [0.25, 0.3) is 15.9 Å². The first kappa shape index (κ1) is 30.2. The van der Waals surface area contributed by atoms with Crippen molar-refractivity contribution in [3.05, 3.63) is 102 Å². The minimum atomic E-state index is -4.30. The van der Waals surface area contributed by atoms with E-state index in [0.717, 1.165) is 11.5 Å². The second-order valence-corrected chi connectivity index (χ2v) is 11.3. The minimum absolute atomic E-state index is 0.0298. The zero-order valence-electron chi connectivity index (χ0n) is 23.1. The molecule has 0 saturated heterocycles. The van der Waals surface area contributed by atoms with Crippen LogP contribution in [0.5, 0.6) is 0 Å². The number of halogens is 1. The van der Waals surface area contributed by atoms with E-state index in [0.29, 0.717) is 24.0 Å². The Kier molecular flexibility index (Phi) is 9.21. The molecule has 0 aliphatic carbocycles. The zero-order valence-corrected chi connectivity index (χ0v) is 24.0. The number of nitrogens with two attached hydrogens (primary N) is 1. The maximum Gasteiger partial charge on any atom is 0.264 e. The van der Waals surface area contributed by atoms with Gasteiger partial charge in [0.15, 0.2) is 0 Å². The van der Waals surface area contributed by atoms with Crippen molar-refractivity contribution in [3.63, 3.8) is 0 Å². The molecule has 0 saturated carbocycles. The van der Waals surface area contributed by atoms with E-state index in [1.54, 1.807) is 50.2 Å². The van der Waals surface area contributed by atoms with E-state index >= 15 is 0 Å². The molecule has 4 aromatic carbocycles. The Morgan fingerprint density at radius 2 is 1.57 bits per heavy atom. The van der Waals surface area contributed by atoms with Gasteiger partial charge in [0.1, 0.15) is 11.7 Å². The molecule has 4 rings (SSSR count). The van der Waals surface area contributed by atoms with Gasteiger partial charge in [-0.25, -0.2) is 17.5 Å². The first-order valence-electron chi connectivity index (χ1n) is 13.3. The van der Waals surface area contributed by atoms with E-state index in [4.69, 9.17) is 5.73 Å². The Bertz CT molecular complexity index is 1740. The lowest BCUT2D eigenvalue weighted by Gasteiger charge is -2.25. The topological polar surface area (TPSA) is 139 Å². The molecule has 218 valence electrons. The molecular weight excluding hydrogens is 559 g/mol. The molecule has 1 unspecified atom stereocenters. The fourth-order valence-electron chi connectivity index (χ4n) is 4.63. The van der Waals surface area contributed by atoms with Crippen molar-refractivity contribution in [2.75, 3.05) is 24.1 Å². The average molecular weight is 591 g/mol. The fraction of sp³-hybridized carbons (Fsp3) is 0.194. The van der Waals surface area contributed by atoms with Gasteiger partial charge in [-0.1, -0.05) is 48.5 Å². The summed E-state index contributed by atoms with van der Waals surface area (Å²) in [4.78, 5) is 40.9. The van der Waals surface area contributed by atoms with Gasteiger partial charge in [0, 0.05) is 24.5 Å². The van der Waals surface area contributed by atoms with Gasteiger partial charge in [-0.3, -0.25) is 14.4 Å². The highest BCUT2D eigenvalue weighted by molar-refractivity contribution is 7.90. The standard InChI is InChI=1S/C31H31FN4O5S/c1-3-36(4-2)31(39)25(29(37)35-42(40,41)24-16-15-21-10-5-6-11-22(21)19-24)18-20-9-7-12-23(17-20)34-30(38)28-26(32)13-8-14-27(28)33/h5-17,19,25H,3-4,18,33H2,1-2H3,(H,34,38)(H,35,37). The second kappa shape index (κ2) is 12.8. The first-order chi connectivity index (χ1) is 20.0. The monoisotopic (exact) mass is 590 g/mol. The molecule has 42 heavy (non-hydrogen) atoms. The number of hydrogen-bond donors (Lipinski definition) is 3. The number of rotatable bonds is 10. The van der Waals surface area contributed by atoms with Crippen LogP contribution in [-0.4, -0.2) is 44.1 Å². The highest BCUT2D eigenvalue weighted by atomic mass is 32.2. The number of nitrogen functional groups attached to an aromatic ring is 1. The minimum Gasteiger partial charge on any atom is -0.398 e. The van der Waals surface area contributed by atoms with Gasteiger partial charge in [-0.2, -0.15) is 0 Å². The number of carbonyl (C=O) groups excluding carboxylic acids is 3. The second-order valence-electron chi connectivity index (χ2n) is 9.60. The number of fused-ring (bicyclic) bond motifs is 1. The largest absolute Gasteiger partial charge is 0.398 e. The van der Waals surface area contributed by atoms with Crippen molar-refractivity contribution >= 4 is 49.9 Å². The summed E-state index contributed by atoms with van der Waals surface area (Å²) in [5.41, 5.74) is 6.18. The van der Waals surface area contributed by atoms with Crippen LogP contribution >= 0.6 is 0 Å². The maximum absolute atomic E-state index is 14.2. The van der Waals surface area contributed by atoms with Crippen molar-refractivity contribution < 1.29 is 27.2 Å². The van der Waals surface area contributed by atoms with Crippen molar-refractivity contribution in [2.45, 2.75) is 25.2 Å². The lowest BCUT2D eigenvalue weighted by atomic mass is 9.96. The van der Waals surface area contributed by atoms with E-state index in [1.807, 2.05) is 12.1 Å². The lowest BCUT2D eigenvalue weighted by molar-refractivity contribution is -0.141. The summed E-state index contributed by atoms with van der Waals surface area (Å²) in [6, 6.07) is 21.9. The predicted octanol–water partition coefficient (Wildman–Crippen LogP) is 4.35. The highest BCUT2D eigenvalue weighted by Crippen LogP contribution is 2.22. The average Bonchev–Trinajstić information content (AvgIpc) is 2.96. The van der Waals surface area contributed by atoms with Crippen LogP contribution in [0, 0.1) is 11.7 Å².